The van der Waals surface area contributed by atoms with E-state index in [2.05, 4.69) is 0 Å². The van der Waals surface area contributed by atoms with E-state index >= 15 is 0 Å². The van der Waals surface area contributed by atoms with Crippen molar-refractivity contribution in [3.63, 3.8) is 0 Å². The molecule has 172 valence electrons. The van der Waals surface area contributed by atoms with Crippen LogP contribution in [0.5, 0.6) is 11.5 Å². The Bertz CT molecular complexity index is 887. The van der Waals surface area contributed by atoms with Crippen molar-refractivity contribution in [2.75, 3.05) is 13.2 Å². The summed E-state index contributed by atoms with van der Waals surface area (Å²) >= 11 is 0. The van der Waals surface area contributed by atoms with Crippen LogP contribution in [0.2, 0.25) is 0 Å². The topological polar surface area (TPSA) is 61.8 Å². The molecule has 0 heterocycles. The Morgan fingerprint density at radius 2 is 1.56 bits per heavy atom. The molecule has 0 aromatic heterocycles. The third-order valence-corrected chi connectivity index (χ3v) is 4.21. The number of ether oxygens (including phenoxy) is 3. The van der Waals surface area contributed by atoms with E-state index in [1.54, 1.807) is 30.3 Å². The van der Waals surface area contributed by atoms with E-state index in [4.69, 9.17) is 14.2 Å². The zero-order valence-corrected chi connectivity index (χ0v) is 17.7. The number of hydrogen-bond donors (Lipinski definition) is 0. The summed E-state index contributed by atoms with van der Waals surface area (Å²) in [4.78, 5) is 23.8. The highest BCUT2D eigenvalue weighted by atomic mass is 19.4. The third kappa shape index (κ3) is 9.68. The quantitative estimate of drug-likeness (QED) is 0.182. The average molecular weight is 450 g/mol. The van der Waals surface area contributed by atoms with Gasteiger partial charge in [-0.3, -0.25) is 0 Å². The van der Waals surface area contributed by atoms with Gasteiger partial charge in [-0.15, -0.1) is 0 Å². The second kappa shape index (κ2) is 12.5. The van der Waals surface area contributed by atoms with Gasteiger partial charge in [-0.2, -0.15) is 13.2 Å². The predicted molar refractivity (Wildman–Crippen MR) is 114 cm³/mol. The van der Waals surface area contributed by atoms with E-state index in [9.17, 15) is 22.8 Å². The first-order valence-electron chi connectivity index (χ1n) is 10.2. The molecule has 2 aromatic rings. The van der Waals surface area contributed by atoms with Crippen molar-refractivity contribution in [2.45, 2.75) is 38.8 Å². The summed E-state index contributed by atoms with van der Waals surface area (Å²) in [5.74, 6) is -0.309. The Labute approximate surface area is 184 Å². The fraction of sp³-hybridized carbons (Fsp3) is 0.333. The number of unbranched alkanes of at least 4 members (excludes halogenated alkanes) is 1. The zero-order chi connectivity index (χ0) is 23.4. The molecule has 0 fully saturated rings. The molecule has 0 spiro atoms. The highest BCUT2D eigenvalue weighted by Gasteiger charge is 2.26. The molecule has 32 heavy (non-hydrogen) atoms. The Morgan fingerprint density at radius 1 is 0.906 bits per heavy atom. The van der Waals surface area contributed by atoms with E-state index < -0.39 is 24.5 Å². The molecule has 2 aromatic carbocycles. The highest BCUT2D eigenvalue weighted by Crippen LogP contribution is 2.22. The van der Waals surface area contributed by atoms with Gasteiger partial charge in [-0.05, 0) is 60.9 Å². The molecule has 0 aliphatic rings. The molecule has 5 nitrogen and oxygen atoms in total. The fourth-order valence-electron chi connectivity index (χ4n) is 2.49. The van der Waals surface area contributed by atoms with Crippen molar-refractivity contribution in [3.05, 3.63) is 65.7 Å². The maximum atomic E-state index is 12.3. The lowest BCUT2D eigenvalue weighted by atomic mass is 10.2. The standard InChI is InChI=1S/C24H25F3O5/c1-2-3-16-31-22(28)14-7-18-5-10-21(11-6-18)32-23(29)19-8-12-20(13-9-19)30-17-4-15-24(25,26)27/h5-14H,2-4,15-17H2,1H3/b14-7+. The Hall–Kier alpha value is -3.29. The van der Waals surface area contributed by atoms with Gasteiger partial charge < -0.3 is 14.2 Å². The van der Waals surface area contributed by atoms with Crippen molar-refractivity contribution in [1.29, 1.82) is 0 Å². The van der Waals surface area contributed by atoms with Gasteiger partial charge in [0.1, 0.15) is 11.5 Å². The van der Waals surface area contributed by atoms with Gasteiger partial charge in [0.05, 0.1) is 18.8 Å². The molecule has 0 radical (unpaired) electrons. The Balaban J connectivity index is 1.81. The molecule has 0 aliphatic heterocycles. The van der Waals surface area contributed by atoms with Crippen molar-refractivity contribution >= 4 is 18.0 Å². The number of halogens is 3. The van der Waals surface area contributed by atoms with Crippen LogP contribution < -0.4 is 9.47 Å². The first-order chi connectivity index (χ1) is 15.3. The molecule has 0 saturated heterocycles. The lowest BCUT2D eigenvalue weighted by Crippen LogP contribution is -2.10. The van der Waals surface area contributed by atoms with Crippen LogP contribution in [0, 0.1) is 0 Å². The van der Waals surface area contributed by atoms with Crippen LogP contribution in [0.25, 0.3) is 6.08 Å². The molecular formula is C24H25F3O5. The smallest absolute Gasteiger partial charge is 0.389 e. The first kappa shape index (κ1) is 25.0. The predicted octanol–water partition coefficient (Wildman–Crippen LogP) is 5.98. The number of hydrogen-bond acceptors (Lipinski definition) is 5. The second-order valence-electron chi connectivity index (χ2n) is 6.90. The number of carbonyl (C=O) groups excluding carboxylic acids is 2. The summed E-state index contributed by atoms with van der Waals surface area (Å²) in [6, 6.07) is 12.5. The van der Waals surface area contributed by atoms with Gasteiger partial charge in [-0.1, -0.05) is 25.5 Å². The zero-order valence-electron chi connectivity index (χ0n) is 17.7. The van der Waals surface area contributed by atoms with E-state index in [1.807, 2.05) is 6.92 Å². The summed E-state index contributed by atoms with van der Waals surface area (Å²) < 4.78 is 51.9. The number of alkyl halides is 3. The molecule has 2 rings (SSSR count). The van der Waals surface area contributed by atoms with Crippen LogP contribution in [0.4, 0.5) is 13.2 Å². The molecule has 0 bridgehead atoms. The lowest BCUT2D eigenvalue weighted by molar-refractivity contribution is -0.138. The summed E-state index contributed by atoms with van der Waals surface area (Å²) in [6.07, 6.45) is -0.548. The fourth-order valence-corrected chi connectivity index (χ4v) is 2.49. The third-order valence-electron chi connectivity index (χ3n) is 4.21. The van der Waals surface area contributed by atoms with Gasteiger partial charge in [0, 0.05) is 12.5 Å². The minimum atomic E-state index is -4.20. The Morgan fingerprint density at radius 3 is 2.19 bits per heavy atom. The van der Waals surface area contributed by atoms with Gasteiger partial charge >= 0.3 is 18.1 Å². The average Bonchev–Trinajstić information content (AvgIpc) is 2.76. The summed E-state index contributed by atoms with van der Waals surface area (Å²) in [6.45, 7) is 2.33. The van der Waals surface area contributed by atoms with Crippen LogP contribution in [0.3, 0.4) is 0 Å². The molecule has 0 unspecified atom stereocenters. The van der Waals surface area contributed by atoms with Crippen molar-refractivity contribution < 1.29 is 37.0 Å². The number of benzene rings is 2. The molecule has 0 aliphatic carbocycles. The van der Waals surface area contributed by atoms with Crippen LogP contribution >= 0.6 is 0 Å². The van der Waals surface area contributed by atoms with Crippen LogP contribution in [-0.4, -0.2) is 31.3 Å². The number of esters is 2. The van der Waals surface area contributed by atoms with Gasteiger partial charge in [0.15, 0.2) is 0 Å². The highest BCUT2D eigenvalue weighted by molar-refractivity contribution is 5.91. The molecule has 0 saturated carbocycles. The molecule has 0 amide bonds. The van der Waals surface area contributed by atoms with Crippen molar-refractivity contribution in [1.82, 2.24) is 0 Å². The van der Waals surface area contributed by atoms with Crippen LogP contribution in [-0.2, 0) is 9.53 Å². The molecule has 0 atom stereocenters. The van der Waals surface area contributed by atoms with Crippen LogP contribution in [0.1, 0.15) is 48.5 Å². The largest absolute Gasteiger partial charge is 0.494 e. The summed E-state index contributed by atoms with van der Waals surface area (Å²) in [7, 11) is 0. The van der Waals surface area contributed by atoms with Gasteiger partial charge in [-0.25, -0.2) is 9.59 Å². The number of rotatable bonds is 11. The minimum absolute atomic E-state index is 0.0689. The minimum Gasteiger partial charge on any atom is -0.494 e. The summed E-state index contributed by atoms with van der Waals surface area (Å²) in [5, 5.41) is 0. The molecule has 8 heteroatoms. The maximum absolute atomic E-state index is 12.3. The van der Waals surface area contributed by atoms with Gasteiger partial charge in [0.25, 0.3) is 0 Å². The SMILES string of the molecule is CCCCOC(=O)/C=C/c1ccc(OC(=O)c2ccc(OCCCC(F)(F)F)cc2)cc1. The van der Waals surface area contributed by atoms with Crippen LogP contribution in [0.15, 0.2) is 54.6 Å². The van der Waals surface area contributed by atoms with E-state index in [-0.39, 0.29) is 18.6 Å². The van der Waals surface area contributed by atoms with Gasteiger partial charge in [0.2, 0.25) is 0 Å². The normalized spacial score (nSPS) is 11.4. The second-order valence-corrected chi connectivity index (χ2v) is 6.90. The lowest BCUT2D eigenvalue weighted by Gasteiger charge is -2.09. The van der Waals surface area contributed by atoms with E-state index in [1.165, 1.54) is 30.3 Å². The van der Waals surface area contributed by atoms with Crippen molar-refractivity contribution in [2.24, 2.45) is 0 Å². The Kier molecular flexibility index (Phi) is 9.78. The maximum Gasteiger partial charge on any atom is 0.389 e. The number of carbonyl (C=O) groups is 2. The molecule has 0 N–H and O–H groups in total. The van der Waals surface area contributed by atoms with E-state index in [0.717, 1.165) is 18.4 Å². The van der Waals surface area contributed by atoms with Crippen molar-refractivity contribution in [3.8, 4) is 11.5 Å². The first-order valence-corrected chi connectivity index (χ1v) is 10.2. The monoisotopic (exact) mass is 450 g/mol. The summed E-state index contributed by atoms with van der Waals surface area (Å²) in [5.41, 5.74) is 1.01. The van der Waals surface area contributed by atoms with E-state index in [0.29, 0.717) is 18.1 Å². The molecular weight excluding hydrogens is 425 g/mol.